The Hall–Kier alpha value is -6.04. The Morgan fingerprint density at radius 3 is 2.58 bits per heavy atom. The number of amides is 2. The summed E-state index contributed by atoms with van der Waals surface area (Å²) < 4.78 is 41.0. The largest absolute Gasteiger partial charge is 0.455 e. The Balaban J connectivity index is 0.831. The minimum atomic E-state index is -4.59. The van der Waals surface area contributed by atoms with Crippen LogP contribution in [0.2, 0.25) is 0 Å². The van der Waals surface area contributed by atoms with E-state index in [9.17, 15) is 28.1 Å². The van der Waals surface area contributed by atoms with Crippen molar-refractivity contribution in [2.75, 3.05) is 62.7 Å². The number of aromatic nitrogens is 2. The van der Waals surface area contributed by atoms with Gasteiger partial charge in [-0.15, -0.1) is 0 Å². The number of aromatic amines is 1. The van der Waals surface area contributed by atoms with Crippen molar-refractivity contribution < 1.29 is 32.4 Å². The van der Waals surface area contributed by atoms with Gasteiger partial charge < -0.3 is 29.6 Å². The number of H-pyrrole nitrogens is 1. The average Bonchev–Trinajstić information content (AvgIpc) is 3.83. The van der Waals surface area contributed by atoms with Crippen molar-refractivity contribution in [3.05, 3.63) is 112 Å². The van der Waals surface area contributed by atoms with Gasteiger partial charge in [-0.2, -0.15) is 0 Å². The zero-order valence-electron chi connectivity index (χ0n) is 35.5. The van der Waals surface area contributed by atoms with E-state index in [1.807, 2.05) is 12.1 Å². The fourth-order valence-electron chi connectivity index (χ4n) is 10.4. The number of anilines is 2. The second-order valence-electron chi connectivity index (χ2n) is 17.9. The number of pyridine rings is 1. The molecule has 1 atom stereocenters. The van der Waals surface area contributed by atoms with Gasteiger partial charge in [0, 0.05) is 74.2 Å². The molecule has 3 aromatic carbocycles. The smallest absolute Gasteiger partial charge is 0.293 e. The van der Waals surface area contributed by atoms with Crippen LogP contribution in [0, 0.1) is 15.5 Å². The maximum atomic E-state index is 14.0. The highest BCUT2D eigenvalue weighted by atomic mass is 32.2. The predicted octanol–water partition coefficient (Wildman–Crippen LogP) is 7.12. The number of benzene rings is 3. The highest BCUT2D eigenvalue weighted by Gasteiger charge is 2.50. The number of likely N-dealkylation sites (tertiary alicyclic amines) is 1. The second kappa shape index (κ2) is 17.2. The molecule has 0 unspecified atom stereocenters. The van der Waals surface area contributed by atoms with Crippen molar-refractivity contribution in [2.45, 2.75) is 74.3 Å². The number of carbonyl (C=O) groups excluding carboxylic acids is 2. The van der Waals surface area contributed by atoms with E-state index in [-0.39, 0.29) is 42.6 Å². The third kappa shape index (κ3) is 8.51. The molecule has 0 radical (unpaired) electrons. The molecule has 3 N–H and O–H groups in total. The van der Waals surface area contributed by atoms with E-state index in [2.05, 4.69) is 54.1 Å². The van der Waals surface area contributed by atoms with E-state index in [4.69, 9.17) is 9.47 Å². The first-order chi connectivity index (χ1) is 31.0. The molecule has 64 heavy (non-hydrogen) atoms. The van der Waals surface area contributed by atoms with Crippen LogP contribution in [0.3, 0.4) is 0 Å². The highest BCUT2D eigenvalue weighted by Crippen LogP contribution is 2.55. The number of nitrogens with zero attached hydrogens (tertiary/aromatic N) is 5. The van der Waals surface area contributed by atoms with Gasteiger partial charge >= 0.3 is 0 Å². The van der Waals surface area contributed by atoms with Crippen LogP contribution in [-0.4, -0.2) is 103 Å². The zero-order chi connectivity index (χ0) is 44.0. The van der Waals surface area contributed by atoms with Gasteiger partial charge in [0.1, 0.15) is 29.4 Å². The van der Waals surface area contributed by atoms with Crippen LogP contribution in [0.4, 0.5) is 17.1 Å². The first kappa shape index (κ1) is 41.9. The van der Waals surface area contributed by atoms with Crippen molar-refractivity contribution in [3.63, 3.8) is 0 Å². The molecule has 5 fully saturated rings. The van der Waals surface area contributed by atoms with Crippen LogP contribution < -0.4 is 19.7 Å². The number of fused-ring (bicyclic) bond motifs is 1. The molecule has 2 aliphatic carbocycles. The van der Waals surface area contributed by atoms with Gasteiger partial charge in [0.25, 0.3) is 21.6 Å². The third-order valence-corrected chi connectivity index (χ3v) is 15.3. The van der Waals surface area contributed by atoms with Crippen LogP contribution >= 0.6 is 0 Å². The minimum absolute atomic E-state index is 0.0212. The van der Waals surface area contributed by atoms with Gasteiger partial charge in [-0.3, -0.25) is 24.6 Å². The molecule has 0 bridgehead atoms. The topological polar surface area (TPSA) is 192 Å². The number of carbonyl (C=O) groups is 2. The molecule has 1 spiro atoms. The van der Waals surface area contributed by atoms with Gasteiger partial charge in [0.2, 0.25) is 5.91 Å². The predicted molar refractivity (Wildman–Crippen MR) is 240 cm³/mol. The number of ether oxygens (including phenoxy) is 2. The molecule has 5 heterocycles. The summed E-state index contributed by atoms with van der Waals surface area (Å²) in [6, 6.07) is 22.4. The number of hydrogen-bond acceptors (Lipinski definition) is 12. The monoisotopic (exact) mass is 888 g/mol. The van der Waals surface area contributed by atoms with Crippen molar-refractivity contribution in [1.82, 2.24) is 24.5 Å². The number of hydrogen-bond donors (Lipinski definition) is 3. The summed E-state index contributed by atoms with van der Waals surface area (Å²) in [5.41, 5.74) is 4.48. The highest BCUT2D eigenvalue weighted by molar-refractivity contribution is 7.90. The lowest BCUT2D eigenvalue weighted by atomic mass is 9.59. The quantitative estimate of drug-likeness (QED) is 0.0757. The van der Waals surface area contributed by atoms with E-state index >= 15 is 0 Å². The Morgan fingerprint density at radius 1 is 0.984 bits per heavy atom. The molecule has 16 nitrogen and oxygen atoms in total. The van der Waals surface area contributed by atoms with Crippen molar-refractivity contribution >= 4 is 49.9 Å². The van der Waals surface area contributed by atoms with Crippen LogP contribution in [0.25, 0.3) is 11.0 Å². The molecular formula is C47H52N8O8S. The number of morpholine rings is 1. The molecule has 2 amide bonds. The number of nitro benzene ring substituents is 1. The Bertz CT molecular complexity index is 2710. The van der Waals surface area contributed by atoms with Crippen molar-refractivity contribution in [3.8, 4) is 11.5 Å². The Morgan fingerprint density at radius 2 is 1.80 bits per heavy atom. The number of sulfonamides is 1. The van der Waals surface area contributed by atoms with Gasteiger partial charge in [-0.05, 0) is 117 Å². The number of piperidine rings is 1. The third-order valence-electron chi connectivity index (χ3n) is 14.0. The van der Waals surface area contributed by atoms with E-state index < -0.39 is 31.4 Å². The molecule has 10 rings (SSSR count). The maximum Gasteiger partial charge on any atom is 0.293 e. The summed E-state index contributed by atoms with van der Waals surface area (Å²) in [5.74, 6) is 0.0934. The number of nitrogens with one attached hydrogen (secondary N) is 3. The summed E-state index contributed by atoms with van der Waals surface area (Å²) in [6.45, 7) is 4.10. The summed E-state index contributed by atoms with van der Waals surface area (Å²) in [4.78, 5) is 51.1. The van der Waals surface area contributed by atoms with Crippen LogP contribution in [0.5, 0.6) is 11.5 Å². The van der Waals surface area contributed by atoms with Gasteiger partial charge in [-0.1, -0.05) is 24.3 Å². The van der Waals surface area contributed by atoms with Gasteiger partial charge in [0.15, 0.2) is 0 Å². The Kier molecular flexibility index (Phi) is 11.2. The molecule has 5 aromatic rings. The van der Waals surface area contributed by atoms with E-state index in [0.29, 0.717) is 42.0 Å². The molecule has 2 aromatic heterocycles. The van der Waals surface area contributed by atoms with E-state index in [0.717, 1.165) is 55.5 Å². The maximum absolute atomic E-state index is 14.0. The Labute approximate surface area is 371 Å². The minimum Gasteiger partial charge on any atom is -0.455 e. The fraction of sp³-hybridized carbons (Fsp3) is 0.426. The zero-order valence-corrected chi connectivity index (χ0v) is 36.4. The van der Waals surface area contributed by atoms with Gasteiger partial charge in [0.05, 0.1) is 28.2 Å². The second-order valence-corrected chi connectivity index (χ2v) is 19.6. The molecular weight excluding hydrogens is 837 g/mol. The molecule has 3 aliphatic heterocycles. The van der Waals surface area contributed by atoms with Gasteiger partial charge in [-0.25, -0.2) is 18.1 Å². The fourth-order valence-corrected chi connectivity index (χ4v) is 11.4. The first-order valence-electron chi connectivity index (χ1n) is 22.3. The number of nitro groups is 1. The van der Waals surface area contributed by atoms with E-state index in [1.165, 1.54) is 56.9 Å². The summed E-state index contributed by atoms with van der Waals surface area (Å²) in [5, 5.41) is 15.8. The summed E-state index contributed by atoms with van der Waals surface area (Å²) in [7, 11) is -4.59. The molecule has 2 saturated carbocycles. The van der Waals surface area contributed by atoms with Crippen LogP contribution in [-0.2, 0) is 19.6 Å². The summed E-state index contributed by atoms with van der Waals surface area (Å²) >= 11 is 0. The lowest BCUT2D eigenvalue weighted by Gasteiger charge is -2.56. The SMILES string of the molecule is O=C(NS(=O)(=O)c1ccc(NCCN2CCOCC2=O)c([N+](=O)[O-])c1)c1ccc(N2CCC3(CC2)CC(N2CCC[C@H]2c2ccccc2C2CC2)C3)cc1Oc1cnc2[nH]ccc2c1. The standard InChI is InChI=1S/C47H52N8O8S/c56-44-30-62-23-22-53(44)21-17-48-40-12-10-36(26-42(40)55(58)59)64(60,61)51-46(57)39-11-9-33(25-43(39)63-35-24-32-13-16-49-45(32)50-29-35)52-19-14-47(15-20-52)27-34(28-47)54-18-3-6-41(54)38-5-2-1-4-37(38)31-7-8-31/h1-2,4-5,9-13,16,24-26,29,31,34,41,48H,3,6-8,14-15,17-23,27-28,30H2,(H,49,50)(H,51,57)/t41-/m0/s1. The van der Waals surface area contributed by atoms with E-state index in [1.54, 1.807) is 40.4 Å². The molecule has 5 aliphatic rings. The summed E-state index contributed by atoms with van der Waals surface area (Å²) in [6.07, 6.45) is 12.9. The van der Waals surface area contributed by atoms with Crippen LogP contribution in [0.15, 0.2) is 90.1 Å². The lowest BCUT2D eigenvalue weighted by molar-refractivity contribution is -0.384. The molecule has 334 valence electrons. The molecule has 17 heteroatoms. The van der Waals surface area contributed by atoms with Crippen LogP contribution in [0.1, 0.15) is 84.8 Å². The lowest BCUT2D eigenvalue weighted by Crippen LogP contribution is -2.54. The average molecular weight is 889 g/mol. The first-order valence-corrected chi connectivity index (χ1v) is 23.8. The molecule has 3 saturated heterocycles. The normalized spacial score (nSPS) is 20.4. The van der Waals surface area contributed by atoms with Crippen molar-refractivity contribution in [1.29, 1.82) is 0 Å². The number of rotatable bonds is 14. The van der Waals surface area contributed by atoms with Crippen molar-refractivity contribution in [2.24, 2.45) is 5.41 Å².